The van der Waals surface area contributed by atoms with Gasteiger partial charge >= 0.3 is 0 Å². The quantitative estimate of drug-likeness (QED) is 0.689. The first-order valence-corrected chi connectivity index (χ1v) is 9.93. The van der Waals surface area contributed by atoms with E-state index in [1.807, 2.05) is 37.3 Å². The van der Waals surface area contributed by atoms with Gasteiger partial charge in [0.05, 0.1) is 24.5 Å². The summed E-state index contributed by atoms with van der Waals surface area (Å²) in [6.45, 7) is 2.73. The monoisotopic (exact) mass is 391 g/mol. The second-order valence-electron chi connectivity index (χ2n) is 6.20. The van der Waals surface area contributed by atoms with Gasteiger partial charge < -0.3 is 14.8 Å². The van der Waals surface area contributed by atoms with E-state index in [4.69, 9.17) is 21.1 Å². The molecule has 1 saturated heterocycles. The van der Waals surface area contributed by atoms with Gasteiger partial charge in [0.15, 0.2) is 0 Å². The van der Waals surface area contributed by atoms with Crippen LogP contribution in [-0.4, -0.2) is 31.5 Å². The molecule has 0 bridgehead atoms. The van der Waals surface area contributed by atoms with Crippen molar-refractivity contribution in [3.63, 3.8) is 0 Å². The predicted octanol–water partition coefficient (Wildman–Crippen LogP) is 5.18. The summed E-state index contributed by atoms with van der Waals surface area (Å²) in [4.78, 5) is 13.8. The van der Waals surface area contributed by atoms with E-state index < -0.39 is 0 Å². The van der Waals surface area contributed by atoms with Gasteiger partial charge in [0.1, 0.15) is 5.75 Å². The highest BCUT2D eigenvalue weighted by Gasteiger charge is 2.19. The summed E-state index contributed by atoms with van der Waals surface area (Å²) >= 11 is 7.80. The van der Waals surface area contributed by atoms with Crippen molar-refractivity contribution in [2.24, 2.45) is 0 Å². The third-order valence-corrected chi connectivity index (χ3v) is 5.92. The second-order valence-corrected chi connectivity index (χ2v) is 7.67. The number of hydrogen-bond donors (Lipinski definition) is 1. The molecule has 1 fully saturated rings. The van der Waals surface area contributed by atoms with Crippen LogP contribution >= 0.6 is 23.4 Å². The van der Waals surface area contributed by atoms with Crippen molar-refractivity contribution in [3.8, 4) is 5.75 Å². The standard InChI is InChI=1S/C20H22ClNO3S/c1-13-10-17(18(24-2)11-16(13)21)22-20(23)15-7-3-4-8-19(15)26-12-14-6-5-9-25-14/h3-4,7-8,10-11,14H,5-6,9,12H2,1-2H3,(H,22,23). The van der Waals surface area contributed by atoms with Crippen LogP contribution in [0.3, 0.4) is 0 Å². The maximum absolute atomic E-state index is 12.9. The van der Waals surface area contributed by atoms with Crippen molar-refractivity contribution in [3.05, 3.63) is 52.5 Å². The van der Waals surface area contributed by atoms with Gasteiger partial charge in [-0.1, -0.05) is 23.7 Å². The number of ether oxygens (including phenoxy) is 2. The highest BCUT2D eigenvalue weighted by Crippen LogP contribution is 2.32. The SMILES string of the molecule is COc1cc(Cl)c(C)cc1NC(=O)c1ccccc1SCC1CCCO1. The van der Waals surface area contributed by atoms with E-state index in [1.54, 1.807) is 24.9 Å². The van der Waals surface area contributed by atoms with Gasteiger partial charge in [-0.25, -0.2) is 0 Å². The van der Waals surface area contributed by atoms with Crippen LogP contribution in [0.5, 0.6) is 5.75 Å². The number of carbonyl (C=O) groups excluding carboxylic acids is 1. The van der Waals surface area contributed by atoms with Crippen LogP contribution in [0.1, 0.15) is 28.8 Å². The van der Waals surface area contributed by atoms with Crippen LogP contribution in [0.15, 0.2) is 41.3 Å². The first kappa shape index (κ1) is 19.1. The minimum atomic E-state index is -0.166. The summed E-state index contributed by atoms with van der Waals surface area (Å²) in [5.41, 5.74) is 2.13. The minimum absolute atomic E-state index is 0.166. The Kier molecular flexibility index (Phi) is 6.46. The van der Waals surface area contributed by atoms with Crippen molar-refractivity contribution in [1.29, 1.82) is 0 Å². The van der Waals surface area contributed by atoms with Crippen LogP contribution in [0.25, 0.3) is 0 Å². The summed E-state index contributed by atoms with van der Waals surface area (Å²) in [7, 11) is 1.56. The highest BCUT2D eigenvalue weighted by atomic mass is 35.5. The molecule has 2 aromatic rings. The number of carbonyl (C=O) groups is 1. The first-order chi connectivity index (χ1) is 12.6. The Labute approximate surface area is 163 Å². The lowest BCUT2D eigenvalue weighted by Gasteiger charge is -2.15. The van der Waals surface area contributed by atoms with Gasteiger partial charge in [-0.05, 0) is 43.5 Å². The number of hydrogen-bond acceptors (Lipinski definition) is 4. The number of thioether (sulfide) groups is 1. The molecule has 1 heterocycles. The molecular weight excluding hydrogens is 370 g/mol. The molecular formula is C20H22ClNO3S. The molecule has 1 unspecified atom stereocenters. The fourth-order valence-electron chi connectivity index (χ4n) is 2.86. The maximum Gasteiger partial charge on any atom is 0.256 e. The van der Waals surface area contributed by atoms with Crippen molar-refractivity contribution in [2.75, 3.05) is 24.8 Å². The Bertz CT molecular complexity index is 791. The summed E-state index contributed by atoms with van der Waals surface area (Å²) in [5, 5.41) is 3.55. The van der Waals surface area contributed by atoms with E-state index in [-0.39, 0.29) is 12.0 Å². The number of halogens is 1. The number of benzene rings is 2. The zero-order valence-corrected chi connectivity index (χ0v) is 16.5. The largest absolute Gasteiger partial charge is 0.495 e. The molecule has 0 saturated carbocycles. The lowest BCUT2D eigenvalue weighted by atomic mass is 10.1. The van der Waals surface area contributed by atoms with Crippen LogP contribution in [-0.2, 0) is 4.74 Å². The minimum Gasteiger partial charge on any atom is -0.495 e. The topological polar surface area (TPSA) is 47.6 Å². The van der Waals surface area contributed by atoms with E-state index in [0.717, 1.165) is 35.7 Å². The molecule has 1 atom stereocenters. The van der Waals surface area contributed by atoms with Crippen molar-refractivity contribution >= 4 is 35.0 Å². The van der Waals surface area contributed by atoms with Gasteiger partial charge in [-0.3, -0.25) is 4.79 Å². The number of amides is 1. The van der Waals surface area contributed by atoms with Gasteiger partial charge in [0.25, 0.3) is 5.91 Å². The molecule has 0 radical (unpaired) electrons. The van der Waals surface area contributed by atoms with Gasteiger partial charge in [-0.15, -0.1) is 11.8 Å². The normalized spacial score (nSPS) is 16.5. The zero-order valence-electron chi connectivity index (χ0n) is 14.9. The Morgan fingerprint density at radius 2 is 2.19 bits per heavy atom. The lowest BCUT2D eigenvalue weighted by Crippen LogP contribution is -2.15. The van der Waals surface area contributed by atoms with Crippen molar-refractivity contribution in [1.82, 2.24) is 0 Å². The molecule has 3 rings (SSSR count). The number of methoxy groups -OCH3 is 1. The van der Waals surface area contributed by atoms with E-state index in [9.17, 15) is 4.79 Å². The van der Waals surface area contributed by atoms with E-state index in [2.05, 4.69) is 5.32 Å². The maximum atomic E-state index is 12.9. The smallest absolute Gasteiger partial charge is 0.256 e. The highest BCUT2D eigenvalue weighted by molar-refractivity contribution is 7.99. The molecule has 0 aromatic heterocycles. The van der Waals surface area contributed by atoms with E-state index in [1.165, 1.54) is 0 Å². The average Bonchev–Trinajstić information content (AvgIpc) is 3.16. The molecule has 0 spiro atoms. The number of nitrogens with one attached hydrogen (secondary N) is 1. The molecule has 1 aliphatic heterocycles. The molecule has 2 aromatic carbocycles. The Morgan fingerprint density at radius 1 is 1.38 bits per heavy atom. The molecule has 6 heteroatoms. The van der Waals surface area contributed by atoms with Crippen LogP contribution in [0.2, 0.25) is 5.02 Å². The molecule has 1 N–H and O–H groups in total. The molecule has 138 valence electrons. The summed E-state index contributed by atoms with van der Waals surface area (Å²) < 4.78 is 11.0. The first-order valence-electron chi connectivity index (χ1n) is 8.57. The van der Waals surface area contributed by atoms with Crippen LogP contribution in [0, 0.1) is 6.92 Å². The van der Waals surface area contributed by atoms with Gasteiger partial charge in [-0.2, -0.15) is 0 Å². The van der Waals surface area contributed by atoms with Crippen molar-refractivity contribution in [2.45, 2.75) is 30.8 Å². The summed E-state index contributed by atoms with van der Waals surface area (Å²) in [6, 6.07) is 11.2. The second kappa shape index (κ2) is 8.80. The summed E-state index contributed by atoms with van der Waals surface area (Å²) in [6.07, 6.45) is 2.47. The molecule has 26 heavy (non-hydrogen) atoms. The number of anilines is 1. The Morgan fingerprint density at radius 3 is 2.92 bits per heavy atom. The fourth-order valence-corrected chi connectivity index (χ4v) is 4.13. The number of rotatable bonds is 6. The van der Waals surface area contributed by atoms with E-state index >= 15 is 0 Å². The van der Waals surface area contributed by atoms with Crippen LogP contribution in [0.4, 0.5) is 5.69 Å². The fraction of sp³-hybridized carbons (Fsp3) is 0.350. The molecule has 4 nitrogen and oxygen atoms in total. The Hall–Kier alpha value is -1.69. The molecule has 1 amide bonds. The van der Waals surface area contributed by atoms with Crippen molar-refractivity contribution < 1.29 is 14.3 Å². The third-order valence-electron chi connectivity index (χ3n) is 4.31. The van der Waals surface area contributed by atoms with E-state index in [0.29, 0.717) is 22.0 Å². The average molecular weight is 392 g/mol. The van der Waals surface area contributed by atoms with Gasteiger partial charge in [0, 0.05) is 28.3 Å². The Balaban J connectivity index is 1.76. The third kappa shape index (κ3) is 4.53. The lowest BCUT2D eigenvalue weighted by molar-refractivity contribution is 0.102. The summed E-state index contributed by atoms with van der Waals surface area (Å²) in [5.74, 6) is 1.23. The molecule has 1 aliphatic rings. The van der Waals surface area contributed by atoms with Gasteiger partial charge in [0.2, 0.25) is 0 Å². The number of aryl methyl sites for hydroxylation is 1. The molecule has 0 aliphatic carbocycles. The zero-order chi connectivity index (χ0) is 18.5. The van der Waals surface area contributed by atoms with Crippen LogP contribution < -0.4 is 10.1 Å². The predicted molar refractivity (Wildman–Crippen MR) is 107 cm³/mol.